The first-order chi connectivity index (χ1) is 8.22. The first-order valence-corrected chi connectivity index (χ1v) is 5.91. The molecule has 1 aromatic rings. The van der Waals surface area contributed by atoms with Crippen LogP contribution in [0.25, 0.3) is 0 Å². The number of thioether (sulfide) groups is 1. The number of nitrogens with zero attached hydrogens (tertiary/aromatic N) is 2. The van der Waals surface area contributed by atoms with Gasteiger partial charge in [-0.1, -0.05) is 24.4 Å². The monoisotopic (exact) mass is 258 g/mol. The second-order valence-electron chi connectivity index (χ2n) is 2.91. The van der Waals surface area contributed by atoms with Crippen LogP contribution in [0.2, 0.25) is 0 Å². The van der Waals surface area contributed by atoms with Gasteiger partial charge in [-0.05, 0) is 12.5 Å². The predicted molar refractivity (Wildman–Crippen MR) is 63.4 cm³/mol. The fraction of sp³-hybridized carbons (Fsp3) is 0.273. The van der Waals surface area contributed by atoms with Crippen LogP contribution in [-0.4, -0.2) is 22.3 Å². The maximum Gasteiger partial charge on any atom is 0.266 e. The molecule has 0 unspecified atom stereocenters. The Morgan fingerprint density at radius 2 is 2.35 bits per heavy atom. The van der Waals surface area contributed by atoms with Gasteiger partial charge < -0.3 is 4.74 Å². The Morgan fingerprint density at radius 3 is 3.06 bits per heavy atom. The van der Waals surface area contributed by atoms with Crippen molar-refractivity contribution in [2.45, 2.75) is 11.6 Å². The molecule has 1 rings (SSSR count). The average molecular weight is 258 g/mol. The Bertz CT molecular complexity index is 395. The quantitative estimate of drug-likeness (QED) is 0.325. The molecule has 1 aromatic heterocycles. The topological polar surface area (TPSA) is 35.0 Å². The molecule has 0 aliphatic rings. The zero-order valence-corrected chi connectivity index (χ0v) is 9.92. The van der Waals surface area contributed by atoms with Gasteiger partial charge in [-0.25, -0.2) is 4.98 Å². The van der Waals surface area contributed by atoms with Crippen molar-refractivity contribution in [1.82, 2.24) is 9.97 Å². The van der Waals surface area contributed by atoms with Gasteiger partial charge >= 0.3 is 0 Å². The first-order valence-electron chi connectivity index (χ1n) is 4.93. The fourth-order valence-corrected chi connectivity index (χ4v) is 1.65. The lowest BCUT2D eigenvalue weighted by molar-refractivity contribution is 0.344. The van der Waals surface area contributed by atoms with Crippen LogP contribution in [0.5, 0.6) is 5.88 Å². The van der Waals surface area contributed by atoms with E-state index >= 15 is 0 Å². The van der Waals surface area contributed by atoms with Crippen molar-refractivity contribution in [2.24, 2.45) is 0 Å². The highest BCUT2D eigenvalue weighted by molar-refractivity contribution is 7.99. The Morgan fingerprint density at radius 1 is 1.53 bits per heavy atom. The third-order valence-corrected chi connectivity index (χ3v) is 2.50. The summed E-state index contributed by atoms with van der Waals surface area (Å²) in [6.45, 7) is 3.90. The maximum absolute atomic E-state index is 11.8. The summed E-state index contributed by atoms with van der Waals surface area (Å²) in [5, 5.41) is 0.513. The number of ether oxygens (including phenoxy) is 1. The molecule has 0 fully saturated rings. The Balaban J connectivity index is 2.42. The van der Waals surface area contributed by atoms with Crippen molar-refractivity contribution in [1.29, 1.82) is 0 Å². The highest BCUT2D eigenvalue weighted by atomic mass is 32.2. The van der Waals surface area contributed by atoms with Gasteiger partial charge in [0.25, 0.3) is 6.08 Å². The van der Waals surface area contributed by atoms with Crippen LogP contribution in [0.1, 0.15) is 6.42 Å². The molecule has 0 N–H and O–H groups in total. The van der Waals surface area contributed by atoms with Crippen LogP contribution in [-0.2, 0) is 0 Å². The largest absolute Gasteiger partial charge is 0.473 e. The number of rotatable bonds is 7. The molecule has 0 spiro atoms. The number of hydrogen-bond acceptors (Lipinski definition) is 4. The third-order valence-electron chi connectivity index (χ3n) is 1.60. The van der Waals surface area contributed by atoms with Crippen LogP contribution in [0.3, 0.4) is 0 Å². The van der Waals surface area contributed by atoms with Crippen molar-refractivity contribution < 1.29 is 13.5 Å². The smallest absolute Gasteiger partial charge is 0.266 e. The maximum atomic E-state index is 11.8. The van der Waals surface area contributed by atoms with Crippen molar-refractivity contribution in [3.63, 3.8) is 0 Å². The van der Waals surface area contributed by atoms with Crippen molar-refractivity contribution in [2.75, 3.05) is 12.4 Å². The molecular formula is C11H12F2N2OS. The van der Waals surface area contributed by atoms with Gasteiger partial charge in [0.05, 0.1) is 0 Å². The summed E-state index contributed by atoms with van der Waals surface area (Å²) in [6.07, 6.45) is 2.69. The summed E-state index contributed by atoms with van der Waals surface area (Å²) in [5.41, 5.74) is 0. The normalized spacial score (nSPS) is 9.76. The third kappa shape index (κ3) is 6.01. The van der Waals surface area contributed by atoms with Gasteiger partial charge in [0.2, 0.25) is 5.88 Å². The zero-order valence-electron chi connectivity index (χ0n) is 9.10. The van der Waals surface area contributed by atoms with E-state index in [1.807, 2.05) is 0 Å². The van der Waals surface area contributed by atoms with Crippen LogP contribution in [0, 0.1) is 0 Å². The minimum absolute atomic E-state index is 0.286. The van der Waals surface area contributed by atoms with E-state index in [1.54, 1.807) is 18.3 Å². The number of aromatic nitrogens is 2. The summed E-state index contributed by atoms with van der Waals surface area (Å²) >= 11 is 1.30. The van der Waals surface area contributed by atoms with Crippen molar-refractivity contribution in [3.05, 3.63) is 37.1 Å². The second-order valence-corrected chi connectivity index (χ2v) is 3.97. The van der Waals surface area contributed by atoms with Gasteiger partial charge in [0, 0.05) is 18.0 Å². The Labute approximate surface area is 103 Å². The average Bonchev–Trinajstić information content (AvgIpc) is 2.32. The summed E-state index contributed by atoms with van der Waals surface area (Å²) in [6, 6.07) is 1.63. The molecule has 0 aliphatic heterocycles. The summed E-state index contributed by atoms with van der Waals surface area (Å²) in [4.78, 5) is 8.10. The van der Waals surface area contributed by atoms with Crippen LogP contribution in [0.15, 0.2) is 42.2 Å². The van der Waals surface area contributed by atoms with E-state index in [1.165, 1.54) is 11.8 Å². The van der Waals surface area contributed by atoms with Crippen molar-refractivity contribution in [3.8, 4) is 5.88 Å². The minimum Gasteiger partial charge on any atom is -0.473 e. The molecular weight excluding hydrogens is 246 g/mol. The van der Waals surface area contributed by atoms with E-state index in [0.29, 0.717) is 23.4 Å². The van der Waals surface area contributed by atoms with E-state index in [4.69, 9.17) is 4.74 Å². The molecule has 0 bridgehead atoms. The highest BCUT2D eigenvalue weighted by Gasteiger charge is 2.00. The number of allylic oxidation sites excluding steroid dienone is 1. The van der Waals surface area contributed by atoms with Gasteiger partial charge in [-0.3, -0.25) is 0 Å². The van der Waals surface area contributed by atoms with Crippen LogP contribution >= 0.6 is 11.8 Å². The molecule has 0 amide bonds. The molecule has 6 heteroatoms. The minimum atomic E-state index is -1.66. The SMILES string of the molecule is C=CCOc1ccnc(SCCC=C(F)F)n1. The lowest BCUT2D eigenvalue weighted by atomic mass is 10.5. The molecule has 92 valence electrons. The molecule has 0 radical (unpaired) electrons. The molecule has 0 saturated heterocycles. The van der Waals surface area contributed by atoms with E-state index in [-0.39, 0.29) is 6.42 Å². The molecule has 0 aliphatic carbocycles. The fourth-order valence-electron chi connectivity index (χ4n) is 0.938. The zero-order chi connectivity index (χ0) is 12.5. The molecule has 0 atom stereocenters. The molecule has 17 heavy (non-hydrogen) atoms. The van der Waals surface area contributed by atoms with E-state index in [2.05, 4.69) is 16.5 Å². The van der Waals surface area contributed by atoms with Crippen molar-refractivity contribution >= 4 is 11.8 Å². The first kappa shape index (κ1) is 13.6. The van der Waals surface area contributed by atoms with E-state index in [9.17, 15) is 8.78 Å². The van der Waals surface area contributed by atoms with Gasteiger partial charge in [-0.2, -0.15) is 13.8 Å². The van der Waals surface area contributed by atoms with Gasteiger partial charge in [0.1, 0.15) is 6.61 Å². The van der Waals surface area contributed by atoms with Gasteiger partial charge in [-0.15, -0.1) is 0 Å². The van der Waals surface area contributed by atoms with E-state index in [0.717, 1.165) is 6.08 Å². The van der Waals surface area contributed by atoms with Crippen LogP contribution in [0.4, 0.5) is 8.78 Å². The summed E-state index contributed by atoms with van der Waals surface area (Å²) in [7, 11) is 0. The van der Waals surface area contributed by atoms with Gasteiger partial charge in [0.15, 0.2) is 5.16 Å². The van der Waals surface area contributed by atoms with Crippen LogP contribution < -0.4 is 4.74 Å². The standard InChI is InChI=1S/C11H12F2N2OS/c1-2-7-16-10-5-6-14-11(15-10)17-8-3-4-9(12)13/h2,4-6H,1,3,7-8H2. The van der Waals surface area contributed by atoms with E-state index < -0.39 is 6.08 Å². The summed E-state index contributed by atoms with van der Waals surface area (Å²) in [5.74, 6) is 0.956. The lowest BCUT2D eigenvalue weighted by Gasteiger charge is -2.03. The lowest BCUT2D eigenvalue weighted by Crippen LogP contribution is -1.97. The summed E-state index contributed by atoms with van der Waals surface area (Å²) < 4.78 is 28.7. The number of halogens is 2. The number of hydrogen-bond donors (Lipinski definition) is 0. The second kappa shape index (κ2) is 7.78. The predicted octanol–water partition coefficient (Wildman–Crippen LogP) is 3.30. The Kier molecular flexibility index (Phi) is 6.24. The molecule has 1 heterocycles. The molecule has 0 aromatic carbocycles. The molecule has 0 saturated carbocycles. The molecule has 3 nitrogen and oxygen atoms in total. The highest BCUT2D eigenvalue weighted by Crippen LogP contribution is 2.17. The Hall–Kier alpha value is -1.43.